The molecule has 2 rings (SSSR count). The summed E-state index contributed by atoms with van der Waals surface area (Å²) in [6, 6.07) is 10.3. The lowest BCUT2D eigenvalue weighted by Crippen LogP contribution is -1.97. The van der Waals surface area contributed by atoms with Crippen LogP contribution in [0.4, 0.5) is 5.69 Å². The van der Waals surface area contributed by atoms with E-state index in [2.05, 4.69) is 0 Å². The molecular formula is C15H15Cl2NO2. The highest BCUT2D eigenvalue weighted by atomic mass is 35.5. The van der Waals surface area contributed by atoms with Gasteiger partial charge in [0.05, 0.1) is 11.6 Å². The van der Waals surface area contributed by atoms with Crippen LogP contribution in [0.25, 0.3) is 0 Å². The molecule has 0 atom stereocenters. The number of hydrogen-bond donors (Lipinski definition) is 1. The molecule has 3 nitrogen and oxygen atoms in total. The van der Waals surface area contributed by atoms with Crippen molar-refractivity contribution in [3.63, 3.8) is 0 Å². The fraction of sp³-hybridized carbons (Fsp3) is 0.200. The average molecular weight is 312 g/mol. The first kappa shape index (κ1) is 14.8. The van der Waals surface area contributed by atoms with Crippen LogP contribution in [0.5, 0.6) is 17.2 Å². The molecule has 0 spiro atoms. The Balaban J connectivity index is 2.24. The van der Waals surface area contributed by atoms with Gasteiger partial charge in [0.2, 0.25) is 0 Å². The Kier molecular flexibility index (Phi) is 4.99. The molecule has 0 saturated heterocycles. The number of hydrogen-bond acceptors (Lipinski definition) is 3. The van der Waals surface area contributed by atoms with Crippen LogP contribution in [0, 0.1) is 0 Å². The molecule has 0 aliphatic rings. The number of rotatable bonds is 5. The van der Waals surface area contributed by atoms with E-state index in [0.717, 1.165) is 6.42 Å². The van der Waals surface area contributed by atoms with E-state index in [4.69, 9.17) is 38.4 Å². The van der Waals surface area contributed by atoms with Crippen molar-refractivity contribution >= 4 is 28.9 Å². The van der Waals surface area contributed by atoms with E-state index in [9.17, 15) is 0 Å². The van der Waals surface area contributed by atoms with Crippen LogP contribution >= 0.6 is 23.2 Å². The zero-order valence-corrected chi connectivity index (χ0v) is 12.5. The zero-order chi connectivity index (χ0) is 14.5. The lowest BCUT2D eigenvalue weighted by atomic mass is 10.3. The zero-order valence-electron chi connectivity index (χ0n) is 11.0. The molecular weight excluding hydrogens is 297 g/mol. The molecule has 2 N–H and O–H groups in total. The largest absolute Gasteiger partial charge is 0.493 e. The summed E-state index contributed by atoms with van der Waals surface area (Å²) in [4.78, 5) is 0. The Labute approximate surface area is 128 Å². The Hall–Kier alpha value is -1.58. The second-order valence-corrected chi connectivity index (χ2v) is 5.11. The van der Waals surface area contributed by atoms with Crippen LogP contribution in [-0.4, -0.2) is 6.61 Å². The van der Waals surface area contributed by atoms with Crippen molar-refractivity contribution in [2.24, 2.45) is 0 Å². The minimum absolute atomic E-state index is 0.478. The monoisotopic (exact) mass is 311 g/mol. The first-order valence-electron chi connectivity index (χ1n) is 6.24. The normalized spacial score (nSPS) is 10.3. The fourth-order valence-electron chi connectivity index (χ4n) is 1.64. The van der Waals surface area contributed by atoms with E-state index < -0.39 is 0 Å². The van der Waals surface area contributed by atoms with Gasteiger partial charge in [-0.15, -0.1) is 0 Å². The maximum atomic E-state index is 6.06. The third-order valence-electron chi connectivity index (χ3n) is 2.50. The van der Waals surface area contributed by atoms with Crippen molar-refractivity contribution in [2.75, 3.05) is 12.3 Å². The maximum absolute atomic E-state index is 6.06. The maximum Gasteiger partial charge on any atom is 0.147 e. The number of anilines is 1. The van der Waals surface area contributed by atoms with E-state index in [1.54, 1.807) is 36.4 Å². The summed E-state index contributed by atoms with van der Waals surface area (Å²) in [5, 5.41) is 1.03. The lowest BCUT2D eigenvalue weighted by molar-refractivity contribution is 0.316. The van der Waals surface area contributed by atoms with Crippen LogP contribution in [0.3, 0.4) is 0 Å². The molecule has 2 aromatic rings. The summed E-state index contributed by atoms with van der Waals surface area (Å²) in [5.41, 5.74) is 6.40. The summed E-state index contributed by atoms with van der Waals surface area (Å²) >= 11 is 12.0. The van der Waals surface area contributed by atoms with Gasteiger partial charge in [0, 0.05) is 35.0 Å². The molecule has 0 heterocycles. The molecule has 2 aromatic carbocycles. The SMILES string of the molecule is CCCOc1cc(N)cc(Oc2cc(Cl)ccc2Cl)c1. The van der Waals surface area contributed by atoms with Crippen LogP contribution in [-0.2, 0) is 0 Å². The molecule has 5 heteroatoms. The average Bonchev–Trinajstić information content (AvgIpc) is 2.40. The third-order valence-corrected chi connectivity index (χ3v) is 3.04. The van der Waals surface area contributed by atoms with E-state index in [0.29, 0.717) is 39.6 Å². The van der Waals surface area contributed by atoms with Crippen molar-refractivity contribution in [1.29, 1.82) is 0 Å². The summed E-state index contributed by atoms with van der Waals surface area (Å²) in [7, 11) is 0. The van der Waals surface area contributed by atoms with Gasteiger partial charge in [-0.05, 0) is 18.6 Å². The third kappa shape index (κ3) is 3.95. The smallest absolute Gasteiger partial charge is 0.147 e. The number of ether oxygens (including phenoxy) is 2. The molecule has 106 valence electrons. The minimum atomic E-state index is 0.478. The molecule has 0 aromatic heterocycles. The van der Waals surface area contributed by atoms with Gasteiger partial charge in [-0.1, -0.05) is 30.1 Å². The Morgan fingerprint density at radius 2 is 1.80 bits per heavy atom. The molecule has 0 radical (unpaired) electrons. The van der Waals surface area contributed by atoms with Gasteiger partial charge in [-0.25, -0.2) is 0 Å². The van der Waals surface area contributed by atoms with Gasteiger partial charge in [-0.2, -0.15) is 0 Å². The molecule has 0 bridgehead atoms. The van der Waals surface area contributed by atoms with Crippen molar-refractivity contribution in [3.8, 4) is 17.2 Å². The van der Waals surface area contributed by atoms with Gasteiger partial charge in [0.25, 0.3) is 0 Å². The number of benzene rings is 2. The van der Waals surface area contributed by atoms with E-state index in [1.807, 2.05) is 6.92 Å². The van der Waals surface area contributed by atoms with E-state index in [-0.39, 0.29) is 0 Å². The molecule has 20 heavy (non-hydrogen) atoms. The number of halogens is 2. The molecule has 0 aliphatic carbocycles. The Morgan fingerprint density at radius 1 is 1.05 bits per heavy atom. The number of nitrogens with two attached hydrogens (primary N) is 1. The quantitative estimate of drug-likeness (QED) is 0.776. The van der Waals surface area contributed by atoms with Gasteiger partial charge < -0.3 is 15.2 Å². The van der Waals surface area contributed by atoms with Crippen molar-refractivity contribution < 1.29 is 9.47 Å². The number of nitrogen functional groups attached to an aromatic ring is 1. The minimum Gasteiger partial charge on any atom is -0.493 e. The summed E-state index contributed by atoms with van der Waals surface area (Å²) in [5.74, 6) is 1.70. The highest BCUT2D eigenvalue weighted by Crippen LogP contribution is 2.34. The second kappa shape index (κ2) is 6.73. The van der Waals surface area contributed by atoms with Gasteiger partial charge in [0.15, 0.2) is 0 Å². The second-order valence-electron chi connectivity index (χ2n) is 4.26. The predicted octanol–water partition coefficient (Wildman–Crippen LogP) is 5.16. The van der Waals surface area contributed by atoms with Crippen LogP contribution in [0.1, 0.15) is 13.3 Å². The molecule has 0 amide bonds. The molecule has 0 unspecified atom stereocenters. The summed E-state index contributed by atoms with van der Waals surface area (Å²) in [6.45, 7) is 2.66. The summed E-state index contributed by atoms with van der Waals surface area (Å²) < 4.78 is 11.3. The molecule has 0 saturated carbocycles. The van der Waals surface area contributed by atoms with Gasteiger partial charge >= 0.3 is 0 Å². The van der Waals surface area contributed by atoms with Gasteiger partial charge in [-0.3, -0.25) is 0 Å². The predicted molar refractivity (Wildman–Crippen MR) is 83.2 cm³/mol. The van der Waals surface area contributed by atoms with Crippen LogP contribution < -0.4 is 15.2 Å². The van der Waals surface area contributed by atoms with Crippen LogP contribution in [0.2, 0.25) is 10.0 Å². The van der Waals surface area contributed by atoms with Crippen molar-refractivity contribution in [1.82, 2.24) is 0 Å². The van der Waals surface area contributed by atoms with E-state index >= 15 is 0 Å². The highest BCUT2D eigenvalue weighted by molar-refractivity contribution is 6.34. The Morgan fingerprint density at radius 3 is 2.55 bits per heavy atom. The Bertz CT molecular complexity index is 602. The van der Waals surface area contributed by atoms with Crippen molar-refractivity contribution in [3.05, 3.63) is 46.4 Å². The molecule has 0 fully saturated rings. The van der Waals surface area contributed by atoms with E-state index in [1.165, 1.54) is 0 Å². The fourth-order valence-corrected chi connectivity index (χ4v) is 1.96. The highest BCUT2D eigenvalue weighted by Gasteiger charge is 2.07. The first-order chi connectivity index (χ1) is 9.58. The van der Waals surface area contributed by atoms with Gasteiger partial charge in [0.1, 0.15) is 17.2 Å². The first-order valence-corrected chi connectivity index (χ1v) is 7.00. The van der Waals surface area contributed by atoms with Crippen LogP contribution in [0.15, 0.2) is 36.4 Å². The van der Waals surface area contributed by atoms with Crippen molar-refractivity contribution in [2.45, 2.75) is 13.3 Å². The topological polar surface area (TPSA) is 44.5 Å². The summed E-state index contributed by atoms with van der Waals surface area (Å²) in [6.07, 6.45) is 0.922. The standard InChI is InChI=1S/C15H15Cl2NO2/c1-2-5-19-12-7-11(18)8-13(9-12)20-15-6-10(16)3-4-14(15)17/h3-4,6-9H,2,5,18H2,1H3. The molecule has 0 aliphatic heterocycles. The lowest BCUT2D eigenvalue weighted by Gasteiger charge is -2.11.